The van der Waals surface area contributed by atoms with Crippen LogP contribution < -0.4 is 0 Å². The summed E-state index contributed by atoms with van der Waals surface area (Å²) in [5, 5.41) is 0. The van der Waals surface area contributed by atoms with Crippen molar-refractivity contribution in [2.45, 2.75) is 74.7 Å². The molecule has 0 radical (unpaired) electrons. The van der Waals surface area contributed by atoms with Crippen LogP contribution in [-0.4, -0.2) is 0 Å². The van der Waals surface area contributed by atoms with Crippen molar-refractivity contribution < 1.29 is 0 Å². The van der Waals surface area contributed by atoms with Crippen LogP contribution in [0, 0.1) is 22.7 Å². The van der Waals surface area contributed by atoms with Gasteiger partial charge < -0.3 is 0 Å². The highest BCUT2D eigenvalue weighted by molar-refractivity contribution is 4.90. The predicted molar refractivity (Wildman–Crippen MR) is 71.1 cm³/mol. The average Bonchev–Trinajstić information content (AvgIpc) is 2.13. The zero-order valence-corrected chi connectivity index (χ0v) is 12.3. The van der Waals surface area contributed by atoms with E-state index in [4.69, 9.17) is 0 Å². The third-order valence-corrected chi connectivity index (χ3v) is 4.90. The summed E-state index contributed by atoms with van der Waals surface area (Å²) in [6, 6.07) is 0. The van der Waals surface area contributed by atoms with Crippen LogP contribution in [0.3, 0.4) is 0 Å². The highest BCUT2D eigenvalue weighted by Gasteiger charge is 2.40. The van der Waals surface area contributed by atoms with Gasteiger partial charge in [-0.3, -0.25) is 0 Å². The lowest BCUT2D eigenvalue weighted by Crippen LogP contribution is -2.39. The summed E-state index contributed by atoms with van der Waals surface area (Å²) in [6.07, 6.45) is 3.95. The third kappa shape index (κ3) is 3.50. The van der Waals surface area contributed by atoms with E-state index >= 15 is 0 Å². The molecular formula is C15H32. The van der Waals surface area contributed by atoms with Gasteiger partial charge in [-0.15, -0.1) is 0 Å². The summed E-state index contributed by atoms with van der Waals surface area (Å²) >= 11 is 0. The van der Waals surface area contributed by atoms with Gasteiger partial charge in [-0.25, -0.2) is 0 Å². The zero-order valence-electron chi connectivity index (χ0n) is 12.3. The van der Waals surface area contributed by atoms with Crippen molar-refractivity contribution >= 4 is 0 Å². The molecule has 0 nitrogen and oxygen atoms in total. The fourth-order valence-corrected chi connectivity index (χ4v) is 2.55. The summed E-state index contributed by atoms with van der Waals surface area (Å²) in [6.45, 7) is 19.1. The van der Waals surface area contributed by atoms with Gasteiger partial charge in [0.25, 0.3) is 0 Å². The molecule has 0 spiro atoms. The van der Waals surface area contributed by atoms with E-state index < -0.39 is 0 Å². The second kappa shape index (κ2) is 5.37. The summed E-state index contributed by atoms with van der Waals surface area (Å²) < 4.78 is 0. The van der Waals surface area contributed by atoms with Gasteiger partial charge in [0.2, 0.25) is 0 Å². The molecule has 0 aromatic heterocycles. The molecule has 15 heavy (non-hydrogen) atoms. The zero-order chi connectivity index (χ0) is 12.3. The van der Waals surface area contributed by atoms with Gasteiger partial charge in [-0.2, -0.15) is 0 Å². The van der Waals surface area contributed by atoms with E-state index in [1.54, 1.807) is 0 Å². The first-order chi connectivity index (χ1) is 6.69. The standard InChI is InChI=1S/C15H32/c1-9-13(11-12(3)4)15(7,8)14(5,6)10-2/h12-13H,9-11H2,1-8H3. The quantitative estimate of drug-likeness (QED) is 0.543. The van der Waals surface area contributed by atoms with E-state index in [9.17, 15) is 0 Å². The molecule has 0 saturated carbocycles. The lowest BCUT2D eigenvalue weighted by Gasteiger charge is -2.47. The number of hydrogen-bond acceptors (Lipinski definition) is 0. The molecule has 0 aliphatic heterocycles. The van der Waals surface area contributed by atoms with Gasteiger partial charge in [0.05, 0.1) is 0 Å². The highest BCUT2D eigenvalue weighted by atomic mass is 14.5. The Morgan fingerprint density at radius 1 is 0.933 bits per heavy atom. The molecule has 0 rings (SSSR count). The van der Waals surface area contributed by atoms with Crippen molar-refractivity contribution in [1.82, 2.24) is 0 Å². The first-order valence-electron chi connectivity index (χ1n) is 6.69. The van der Waals surface area contributed by atoms with Crippen molar-refractivity contribution in [1.29, 1.82) is 0 Å². The predicted octanol–water partition coefficient (Wildman–Crippen LogP) is 5.52. The van der Waals surface area contributed by atoms with Crippen molar-refractivity contribution in [2.24, 2.45) is 22.7 Å². The van der Waals surface area contributed by atoms with Crippen LogP contribution in [0.15, 0.2) is 0 Å². The fraction of sp³-hybridized carbons (Fsp3) is 1.00. The molecule has 0 N–H and O–H groups in total. The largest absolute Gasteiger partial charge is 0.0651 e. The molecule has 0 aromatic rings. The fourth-order valence-electron chi connectivity index (χ4n) is 2.55. The molecule has 0 aliphatic carbocycles. The van der Waals surface area contributed by atoms with Crippen LogP contribution in [-0.2, 0) is 0 Å². The maximum atomic E-state index is 2.47. The van der Waals surface area contributed by atoms with Gasteiger partial charge >= 0.3 is 0 Å². The number of hydrogen-bond donors (Lipinski definition) is 0. The molecule has 0 aliphatic rings. The third-order valence-electron chi connectivity index (χ3n) is 4.90. The van der Waals surface area contributed by atoms with Gasteiger partial charge in [0.15, 0.2) is 0 Å². The van der Waals surface area contributed by atoms with E-state index in [1.807, 2.05) is 0 Å². The van der Waals surface area contributed by atoms with Crippen LogP contribution in [0.25, 0.3) is 0 Å². The summed E-state index contributed by atoms with van der Waals surface area (Å²) in [5.41, 5.74) is 0.892. The summed E-state index contributed by atoms with van der Waals surface area (Å²) in [5.74, 6) is 1.68. The van der Waals surface area contributed by atoms with Crippen molar-refractivity contribution in [2.75, 3.05) is 0 Å². The molecule has 0 amide bonds. The van der Waals surface area contributed by atoms with Crippen LogP contribution >= 0.6 is 0 Å². The normalized spacial score (nSPS) is 15.8. The minimum atomic E-state index is 0.445. The first-order valence-corrected chi connectivity index (χ1v) is 6.69. The smallest absolute Gasteiger partial charge is 0.0275 e. The Morgan fingerprint density at radius 2 is 1.40 bits per heavy atom. The van der Waals surface area contributed by atoms with E-state index in [0.717, 1.165) is 11.8 Å². The molecule has 0 fully saturated rings. The van der Waals surface area contributed by atoms with E-state index in [2.05, 4.69) is 55.4 Å². The van der Waals surface area contributed by atoms with Gasteiger partial charge in [0, 0.05) is 0 Å². The first kappa shape index (κ1) is 15.0. The van der Waals surface area contributed by atoms with E-state index in [1.165, 1.54) is 19.3 Å². The molecule has 0 aromatic carbocycles. The molecule has 0 bridgehead atoms. The summed E-state index contributed by atoms with van der Waals surface area (Å²) in [4.78, 5) is 0. The Kier molecular flexibility index (Phi) is 5.37. The van der Waals surface area contributed by atoms with Gasteiger partial charge in [-0.1, -0.05) is 68.2 Å². The topological polar surface area (TPSA) is 0 Å². The molecular weight excluding hydrogens is 180 g/mol. The maximum Gasteiger partial charge on any atom is -0.0275 e. The highest BCUT2D eigenvalue weighted by Crippen LogP contribution is 2.49. The summed E-state index contributed by atoms with van der Waals surface area (Å²) in [7, 11) is 0. The molecule has 1 unspecified atom stereocenters. The van der Waals surface area contributed by atoms with Gasteiger partial charge in [0.1, 0.15) is 0 Å². The van der Waals surface area contributed by atoms with E-state index in [-0.39, 0.29) is 0 Å². The monoisotopic (exact) mass is 212 g/mol. The minimum Gasteiger partial charge on any atom is -0.0651 e. The molecule has 0 heteroatoms. The maximum absolute atomic E-state index is 2.47. The SMILES string of the molecule is CCC(CC(C)C)C(C)(C)C(C)(C)CC. The molecule has 0 heterocycles. The van der Waals surface area contributed by atoms with Crippen LogP contribution in [0.2, 0.25) is 0 Å². The molecule has 0 saturated heterocycles. The van der Waals surface area contributed by atoms with Crippen LogP contribution in [0.1, 0.15) is 74.7 Å². The minimum absolute atomic E-state index is 0.445. The Hall–Kier alpha value is 0. The Morgan fingerprint density at radius 3 is 1.67 bits per heavy atom. The van der Waals surface area contributed by atoms with Crippen molar-refractivity contribution in [3.63, 3.8) is 0 Å². The van der Waals surface area contributed by atoms with Gasteiger partial charge in [-0.05, 0) is 29.1 Å². The lowest BCUT2D eigenvalue weighted by molar-refractivity contribution is 0.0224. The second-order valence-electron chi connectivity index (χ2n) is 6.69. The van der Waals surface area contributed by atoms with Crippen LogP contribution in [0.4, 0.5) is 0 Å². The Bertz CT molecular complexity index is 174. The Balaban J connectivity index is 4.79. The number of rotatable bonds is 6. The molecule has 1 atom stereocenters. The Labute approximate surface area is 97.8 Å². The van der Waals surface area contributed by atoms with Crippen molar-refractivity contribution in [3.8, 4) is 0 Å². The molecule has 92 valence electrons. The average molecular weight is 212 g/mol. The van der Waals surface area contributed by atoms with E-state index in [0.29, 0.717) is 10.8 Å². The second-order valence-corrected chi connectivity index (χ2v) is 6.69. The van der Waals surface area contributed by atoms with Crippen molar-refractivity contribution in [3.05, 3.63) is 0 Å². The lowest BCUT2D eigenvalue weighted by atomic mass is 9.58. The van der Waals surface area contributed by atoms with Crippen LogP contribution in [0.5, 0.6) is 0 Å².